The normalized spacial score (nSPS) is 27.7. The topological polar surface area (TPSA) is 122 Å². The lowest BCUT2D eigenvalue weighted by Crippen LogP contribution is -2.70. The summed E-state index contributed by atoms with van der Waals surface area (Å²) in [6, 6.07) is 20.5. The van der Waals surface area contributed by atoms with E-state index in [2.05, 4.69) is 77.1 Å². The van der Waals surface area contributed by atoms with E-state index in [1.54, 1.807) is 6.08 Å². The number of aliphatic hydroxyl groups excluding tert-OH is 2. The Morgan fingerprint density at radius 1 is 0.939 bits per heavy atom. The van der Waals surface area contributed by atoms with Crippen LogP contribution in [0.15, 0.2) is 90.1 Å². The first-order valence-corrected chi connectivity index (χ1v) is 25.5. The number of oxime groups is 1. The van der Waals surface area contributed by atoms with Crippen LogP contribution in [0.1, 0.15) is 120 Å². The molecule has 0 radical (unpaired) electrons. The van der Waals surface area contributed by atoms with Crippen LogP contribution in [-0.2, 0) is 25.7 Å². The Bertz CT molecular complexity index is 2150. The van der Waals surface area contributed by atoms with E-state index in [1.165, 1.54) is 25.7 Å². The number of fused-ring (bicyclic) bond motifs is 3. The third-order valence-electron chi connectivity index (χ3n) is 15.4. The molecule has 3 heterocycles. The molecule has 2 saturated carbocycles. The molecule has 7 atom stereocenters. The van der Waals surface area contributed by atoms with Gasteiger partial charge in [0.05, 0.1) is 24.8 Å². The highest BCUT2D eigenvalue weighted by molar-refractivity contribution is 6.03. The van der Waals surface area contributed by atoms with Crippen molar-refractivity contribution in [2.45, 2.75) is 133 Å². The largest absolute Gasteiger partial charge is 0.492 e. The summed E-state index contributed by atoms with van der Waals surface area (Å²) >= 11 is 0. The third-order valence-corrected chi connectivity index (χ3v) is 15.4. The first-order valence-electron chi connectivity index (χ1n) is 25.5. The Balaban J connectivity index is 1.22. The number of allylic oxidation sites excluding steroid dienone is 1. The van der Waals surface area contributed by atoms with Crippen molar-refractivity contribution in [3.8, 4) is 11.5 Å². The lowest BCUT2D eigenvalue weighted by atomic mass is 9.55. The molecule has 9 rings (SSSR count). The summed E-state index contributed by atoms with van der Waals surface area (Å²) in [6.07, 6.45) is 17.9. The summed E-state index contributed by atoms with van der Waals surface area (Å²) in [4.78, 5) is 26.4. The lowest BCUT2D eigenvalue weighted by molar-refractivity contribution is -0.258. The van der Waals surface area contributed by atoms with Gasteiger partial charge in [-0.25, -0.2) is 0 Å². The van der Waals surface area contributed by atoms with Crippen LogP contribution in [0.2, 0.25) is 0 Å². The Kier molecular flexibility index (Phi) is 15.8. The molecule has 0 aromatic heterocycles. The Morgan fingerprint density at radius 3 is 2.53 bits per heavy atom. The van der Waals surface area contributed by atoms with E-state index in [0.29, 0.717) is 44.9 Å². The monoisotopic (exact) mass is 904 g/mol. The molecule has 2 saturated heterocycles. The van der Waals surface area contributed by atoms with Crippen molar-refractivity contribution >= 4 is 22.4 Å². The number of unbranched alkanes of at least 4 members (excludes halogenated alkanes) is 2. The zero-order valence-electron chi connectivity index (χ0n) is 39.0. The molecule has 3 aliphatic heterocycles. The fraction of sp³-hybridized carbons (Fsp3) is 0.600. The van der Waals surface area contributed by atoms with Crippen LogP contribution in [0.4, 0.5) is 0 Å². The molecular weight excluding hydrogens is 831 g/mol. The fourth-order valence-electron chi connectivity index (χ4n) is 12.0. The van der Waals surface area contributed by atoms with Gasteiger partial charge in [-0.3, -0.25) is 9.69 Å². The SMILES string of the molecule is C=CCO[C@@]12Oc3ccc(OCCN4CC4)cc3[C@H]3[C@H](CCCCO)[C@@H](CCCCO)C=C(C(=NOC4CCCCO4)C[C@@H]1N(Cc1cccc4ccccc14)C(=O)CCC1CCCC1)[C@H]32. The van der Waals surface area contributed by atoms with Gasteiger partial charge >= 0.3 is 0 Å². The van der Waals surface area contributed by atoms with Crippen molar-refractivity contribution in [1.29, 1.82) is 0 Å². The molecular formula is C55H73N3O8. The minimum atomic E-state index is -1.33. The fourth-order valence-corrected chi connectivity index (χ4v) is 12.0. The third kappa shape index (κ3) is 10.6. The average Bonchev–Trinajstić information content (AvgIpc) is 4.02. The van der Waals surface area contributed by atoms with Gasteiger partial charge in [-0.15, -0.1) is 6.58 Å². The number of hydrogen-bond acceptors (Lipinski definition) is 10. The zero-order valence-corrected chi connectivity index (χ0v) is 39.0. The van der Waals surface area contributed by atoms with Crippen LogP contribution < -0.4 is 9.47 Å². The predicted molar refractivity (Wildman–Crippen MR) is 257 cm³/mol. The predicted octanol–water partition coefficient (Wildman–Crippen LogP) is 9.69. The van der Waals surface area contributed by atoms with Crippen LogP contribution in [-0.4, -0.2) is 102 Å². The van der Waals surface area contributed by atoms with E-state index in [9.17, 15) is 10.2 Å². The maximum Gasteiger partial charge on any atom is 0.239 e. The summed E-state index contributed by atoms with van der Waals surface area (Å²) < 4.78 is 27.5. The smallest absolute Gasteiger partial charge is 0.239 e. The summed E-state index contributed by atoms with van der Waals surface area (Å²) in [5.41, 5.74) is 3.97. The van der Waals surface area contributed by atoms with E-state index in [0.717, 1.165) is 122 Å². The summed E-state index contributed by atoms with van der Waals surface area (Å²) in [5.74, 6) is 0.577. The summed E-state index contributed by atoms with van der Waals surface area (Å²) in [6.45, 7) is 9.35. The number of carbonyl (C=O) groups is 1. The second-order valence-corrected chi connectivity index (χ2v) is 19.7. The quantitative estimate of drug-likeness (QED) is 0.0415. The van der Waals surface area contributed by atoms with Crippen LogP contribution in [0, 0.1) is 23.7 Å². The average molecular weight is 904 g/mol. The number of amides is 1. The molecule has 0 bridgehead atoms. The van der Waals surface area contributed by atoms with Crippen molar-refractivity contribution in [1.82, 2.24) is 9.80 Å². The number of hydrogen-bond donors (Lipinski definition) is 2. The molecule has 2 N–H and O–H groups in total. The standard InChI is InChI=1S/C55H73N3O8/c1-2-32-64-55-50(58(51(61)26-23-39-14-3-4-15-39)38-42-19-13-18-40-16-5-6-20-44(40)42)37-48(56-66-52-22-9-12-33-63-52)46-35-41(17-7-10-30-59)45(21-8-11-31-60)53(54(46)55)47-36-43(24-25-49(47)65-55)62-34-29-57-27-28-57/h2,5-6,13,16,18-20,24-25,35-36,39,41,45,50,52-54,59-60H,1,3-4,7-12,14-15,17,21-23,26-34,37-38H2/t41-,45+,50-,52?,53+,54+,55+/m0/s1. The first kappa shape index (κ1) is 46.8. The van der Waals surface area contributed by atoms with Gasteiger partial charge in [0.1, 0.15) is 24.1 Å². The number of ether oxygens (including phenoxy) is 4. The van der Waals surface area contributed by atoms with Gasteiger partial charge in [0.25, 0.3) is 0 Å². The molecule has 6 aliphatic rings. The molecule has 3 aliphatic carbocycles. The van der Waals surface area contributed by atoms with Crippen molar-refractivity contribution in [3.05, 3.63) is 96.1 Å². The van der Waals surface area contributed by atoms with Gasteiger partial charge in [0, 0.05) is 70.1 Å². The van der Waals surface area contributed by atoms with Gasteiger partial charge in [0.2, 0.25) is 18.0 Å². The summed E-state index contributed by atoms with van der Waals surface area (Å²) in [5, 5.41) is 27.5. The van der Waals surface area contributed by atoms with E-state index in [1.807, 2.05) is 6.07 Å². The molecule has 4 fully saturated rings. The van der Waals surface area contributed by atoms with E-state index in [-0.39, 0.29) is 43.5 Å². The number of benzene rings is 3. The molecule has 3 aromatic carbocycles. The summed E-state index contributed by atoms with van der Waals surface area (Å²) in [7, 11) is 0. The Labute approximate surface area is 392 Å². The number of nitrogens with zero attached hydrogens (tertiary/aromatic N) is 3. The number of aliphatic hydroxyl groups is 2. The van der Waals surface area contributed by atoms with Crippen molar-refractivity contribution in [2.24, 2.45) is 28.8 Å². The Hall–Kier alpha value is -4.26. The Morgan fingerprint density at radius 2 is 1.74 bits per heavy atom. The zero-order chi connectivity index (χ0) is 45.3. The first-order chi connectivity index (χ1) is 32.5. The van der Waals surface area contributed by atoms with E-state index in [4.69, 9.17) is 28.9 Å². The van der Waals surface area contributed by atoms with E-state index >= 15 is 4.79 Å². The highest BCUT2D eigenvalue weighted by Gasteiger charge is 2.65. The van der Waals surface area contributed by atoms with Crippen LogP contribution >= 0.6 is 0 Å². The maximum atomic E-state index is 15.5. The van der Waals surface area contributed by atoms with Crippen molar-refractivity contribution in [2.75, 3.05) is 52.7 Å². The number of rotatable bonds is 23. The van der Waals surface area contributed by atoms with Crippen LogP contribution in [0.3, 0.4) is 0 Å². The van der Waals surface area contributed by atoms with Crippen LogP contribution in [0.5, 0.6) is 11.5 Å². The minimum Gasteiger partial charge on any atom is -0.492 e. The lowest BCUT2D eigenvalue weighted by Gasteiger charge is -2.60. The highest BCUT2D eigenvalue weighted by atomic mass is 16.8. The second-order valence-electron chi connectivity index (χ2n) is 19.7. The minimum absolute atomic E-state index is 0.0861. The van der Waals surface area contributed by atoms with Gasteiger partial charge in [0.15, 0.2) is 0 Å². The molecule has 66 heavy (non-hydrogen) atoms. The van der Waals surface area contributed by atoms with Crippen LogP contribution in [0.25, 0.3) is 10.8 Å². The molecule has 3 aromatic rings. The highest BCUT2D eigenvalue weighted by Crippen LogP contribution is 2.62. The second kappa shape index (κ2) is 22.2. The molecule has 11 nitrogen and oxygen atoms in total. The van der Waals surface area contributed by atoms with Crippen molar-refractivity contribution < 1.29 is 38.8 Å². The van der Waals surface area contributed by atoms with Crippen molar-refractivity contribution in [3.63, 3.8) is 0 Å². The molecule has 0 spiro atoms. The molecule has 1 unspecified atom stereocenters. The van der Waals surface area contributed by atoms with Gasteiger partial charge in [-0.05, 0) is 103 Å². The van der Waals surface area contributed by atoms with Gasteiger partial charge in [-0.2, -0.15) is 0 Å². The molecule has 11 heteroatoms. The van der Waals surface area contributed by atoms with Gasteiger partial charge in [-0.1, -0.05) is 98.3 Å². The van der Waals surface area contributed by atoms with E-state index < -0.39 is 24.0 Å². The molecule has 356 valence electrons. The maximum absolute atomic E-state index is 15.5. The molecule has 1 amide bonds. The van der Waals surface area contributed by atoms with Gasteiger partial charge < -0.3 is 38.9 Å². The number of carbonyl (C=O) groups excluding carboxylic acids is 1.